The lowest BCUT2D eigenvalue weighted by molar-refractivity contribution is 0.133. The maximum Gasteiger partial charge on any atom is 0.143 e. The van der Waals surface area contributed by atoms with Gasteiger partial charge in [-0.2, -0.15) is 11.8 Å². The largest absolute Gasteiger partial charge is 0.495 e. The molecule has 0 bridgehead atoms. The van der Waals surface area contributed by atoms with Crippen LogP contribution in [0.1, 0.15) is 31.1 Å². The minimum absolute atomic E-state index is 0.501. The lowest BCUT2D eigenvalue weighted by Crippen LogP contribution is -2.14. The molecule has 1 saturated heterocycles. The molecular weight excluding hydrogens is 234 g/mol. The fourth-order valence-electron chi connectivity index (χ4n) is 2.24. The number of aromatic nitrogens is 1. The third-order valence-electron chi connectivity index (χ3n) is 3.23. The molecule has 0 spiro atoms. The van der Waals surface area contributed by atoms with E-state index in [0.29, 0.717) is 17.4 Å². The van der Waals surface area contributed by atoms with Gasteiger partial charge in [0.15, 0.2) is 0 Å². The van der Waals surface area contributed by atoms with Crippen LogP contribution in [0.15, 0.2) is 18.3 Å². The van der Waals surface area contributed by atoms with Gasteiger partial charge in [-0.1, -0.05) is 0 Å². The van der Waals surface area contributed by atoms with Crippen LogP contribution in [0.2, 0.25) is 0 Å². The van der Waals surface area contributed by atoms with E-state index < -0.39 is 6.10 Å². The molecule has 1 fully saturated rings. The molecule has 0 aliphatic carbocycles. The van der Waals surface area contributed by atoms with Crippen molar-refractivity contribution >= 4 is 11.8 Å². The highest BCUT2D eigenvalue weighted by Gasteiger charge is 2.21. The van der Waals surface area contributed by atoms with Gasteiger partial charge in [0.25, 0.3) is 0 Å². The first-order valence-electron chi connectivity index (χ1n) is 6.06. The summed E-state index contributed by atoms with van der Waals surface area (Å²) in [6.07, 6.45) is 4.42. The van der Waals surface area contributed by atoms with Crippen LogP contribution in [0, 0.1) is 5.92 Å². The Kier molecular flexibility index (Phi) is 4.68. The number of nitrogens with zero attached hydrogens (tertiary/aromatic N) is 1. The second kappa shape index (κ2) is 6.26. The minimum atomic E-state index is -0.501. The van der Waals surface area contributed by atoms with E-state index >= 15 is 0 Å². The van der Waals surface area contributed by atoms with Crippen LogP contribution in [-0.4, -0.2) is 28.7 Å². The predicted octanol–water partition coefficient (Wildman–Crippen LogP) is 2.66. The SMILES string of the molecule is COc1cccnc1C(O)CC1CCSCC1. The molecule has 0 amide bonds. The Bertz CT molecular complexity index is 353. The van der Waals surface area contributed by atoms with Crippen LogP contribution in [-0.2, 0) is 0 Å². The second-order valence-corrected chi connectivity index (χ2v) is 5.62. The zero-order valence-electron chi connectivity index (χ0n) is 10.1. The number of aliphatic hydroxyl groups excluding tert-OH is 1. The highest BCUT2D eigenvalue weighted by atomic mass is 32.2. The summed E-state index contributed by atoms with van der Waals surface area (Å²) in [6.45, 7) is 0. The van der Waals surface area contributed by atoms with E-state index in [1.807, 2.05) is 23.9 Å². The molecule has 2 rings (SSSR count). The van der Waals surface area contributed by atoms with E-state index in [4.69, 9.17) is 4.74 Å². The standard InChI is InChI=1S/C13H19NO2S/c1-16-12-3-2-6-14-13(12)11(15)9-10-4-7-17-8-5-10/h2-3,6,10-11,15H,4-5,7-9H2,1H3. The third kappa shape index (κ3) is 3.36. The fourth-order valence-corrected chi connectivity index (χ4v) is 3.44. The van der Waals surface area contributed by atoms with Crippen LogP contribution in [0.5, 0.6) is 5.75 Å². The molecule has 94 valence electrons. The molecule has 3 nitrogen and oxygen atoms in total. The second-order valence-electron chi connectivity index (χ2n) is 4.40. The number of hydrogen-bond acceptors (Lipinski definition) is 4. The van der Waals surface area contributed by atoms with Crippen molar-refractivity contribution < 1.29 is 9.84 Å². The van der Waals surface area contributed by atoms with Crippen molar-refractivity contribution in [2.45, 2.75) is 25.4 Å². The maximum absolute atomic E-state index is 10.2. The fraction of sp³-hybridized carbons (Fsp3) is 0.615. The molecule has 1 atom stereocenters. The number of ether oxygens (including phenoxy) is 1. The summed E-state index contributed by atoms with van der Waals surface area (Å²) in [4.78, 5) is 4.23. The van der Waals surface area contributed by atoms with Crippen molar-refractivity contribution in [2.24, 2.45) is 5.92 Å². The first-order chi connectivity index (χ1) is 8.31. The molecular formula is C13H19NO2S. The van der Waals surface area contributed by atoms with Crippen molar-refractivity contribution in [3.8, 4) is 5.75 Å². The van der Waals surface area contributed by atoms with Crippen LogP contribution in [0.3, 0.4) is 0 Å². The smallest absolute Gasteiger partial charge is 0.143 e. The van der Waals surface area contributed by atoms with Crippen molar-refractivity contribution in [2.75, 3.05) is 18.6 Å². The lowest BCUT2D eigenvalue weighted by Gasteiger charge is -2.24. The summed E-state index contributed by atoms with van der Waals surface area (Å²) < 4.78 is 5.23. The van der Waals surface area contributed by atoms with Gasteiger partial charge in [-0.25, -0.2) is 0 Å². The minimum Gasteiger partial charge on any atom is -0.495 e. The van der Waals surface area contributed by atoms with Crippen LogP contribution >= 0.6 is 11.8 Å². The Morgan fingerprint density at radius 3 is 3.00 bits per heavy atom. The zero-order chi connectivity index (χ0) is 12.1. The van der Waals surface area contributed by atoms with Crippen LogP contribution in [0.4, 0.5) is 0 Å². The molecule has 0 radical (unpaired) electrons. The molecule has 1 aromatic rings. The molecule has 1 N–H and O–H groups in total. The average Bonchev–Trinajstić information content (AvgIpc) is 2.40. The van der Waals surface area contributed by atoms with Gasteiger partial charge in [-0.15, -0.1) is 0 Å². The van der Waals surface area contributed by atoms with Gasteiger partial charge >= 0.3 is 0 Å². The first kappa shape index (κ1) is 12.7. The Balaban J connectivity index is 2.00. The molecule has 1 aliphatic heterocycles. The van der Waals surface area contributed by atoms with E-state index in [1.54, 1.807) is 13.3 Å². The summed E-state index contributed by atoms with van der Waals surface area (Å²) in [6, 6.07) is 3.68. The van der Waals surface area contributed by atoms with Crippen LogP contribution < -0.4 is 4.74 Å². The van der Waals surface area contributed by atoms with Gasteiger partial charge in [0.1, 0.15) is 11.4 Å². The van der Waals surface area contributed by atoms with E-state index in [0.717, 1.165) is 6.42 Å². The number of pyridine rings is 1. The molecule has 2 heterocycles. The maximum atomic E-state index is 10.2. The molecule has 17 heavy (non-hydrogen) atoms. The Hall–Kier alpha value is -0.740. The topological polar surface area (TPSA) is 42.4 Å². The molecule has 4 heteroatoms. The summed E-state index contributed by atoms with van der Waals surface area (Å²) in [5, 5.41) is 10.2. The van der Waals surface area contributed by atoms with E-state index in [2.05, 4.69) is 4.98 Å². The monoisotopic (exact) mass is 253 g/mol. The van der Waals surface area contributed by atoms with Gasteiger partial charge in [-0.05, 0) is 48.8 Å². The molecule has 0 aromatic carbocycles. The average molecular weight is 253 g/mol. The molecule has 1 unspecified atom stereocenters. The quantitative estimate of drug-likeness (QED) is 0.896. The van der Waals surface area contributed by atoms with Gasteiger partial charge < -0.3 is 9.84 Å². The summed E-state index contributed by atoms with van der Waals surface area (Å²) in [7, 11) is 1.62. The van der Waals surface area contributed by atoms with E-state index in [-0.39, 0.29) is 0 Å². The van der Waals surface area contributed by atoms with Gasteiger partial charge in [0, 0.05) is 6.20 Å². The Morgan fingerprint density at radius 1 is 1.53 bits per heavy atom. The van der Waals surface area contributed by atoms with E-state index in [1.165, 1.54) is 24.3 Å². The van der Waals surface area contributed by atoms with Crippen molar-refractivity contribution in [3.63, 3.8) is 0 Å². The van der Waals surface area contributed by atoms with Crippen molar-refractivity contribution in [3.05, 3.63) is 24.0 Å². The van der Waals surface area contributed by atoms with Gasteiger partial charge in [-0.3, -0.25) is 4.98 Å². The van der Waals surface area contributed by atoms with Crippen molar-refractivity contribution in [1.29, 1.82) is 0 Å². The molecule has 1 aliphatic rings. The summed E-state index contributed by atoms with van der Waals surface area (Å²) in [5.41, 5.74) is 0.674. The predicted molar refractivity (Wildman–Crippen MR) is 70.4 cm³/mol. The highest BCUT2D eigenvalue weighted by Crippen LogP contribution is 2.32. The molecule has 0 saturated carbocycles. The van der Waals surface area contributed by atoms with Crippen LogP contribution in [0.25, 0.3) is 0 Å². The Labute approximate surface area is 107 Å². The Morgan fingerprint density at radius 2 is 2.29 bits per heavy atom. The first-order valence-corrected chi connectivity index (χ1v) is 7.21. The highest BCUT2D eigenvalue weighted by molar-refractivity contribution is 7.99. The number of hydrogen-bond donors (Lipinski definition) is 1. The number of rotatable bonds is 4. The van der Waals surface area contributed by atoms with E-state index in [9.17, 15) is 5.11 Å². The zero-order valence-corrected chi connectivity index (χ0v) is 10.9. The molecule has 1 aromatic heterocycles. The summed E-state index contributed by atoms with van der Waals surface area (Å²) >= 11 is 2.01. The van der Waals surface area contributed by atoms with Gasteiger partial charge in [0.2, 0.25) is 0 Å². The number of aliphatic hydroxyl groups is 1. The normalized spacial score (nSPS) is 18.9. The third-order valence-corrected chi connectivity index (χ3v) is 4.28. The van der Waals surface area contributed by atoms with Crippen molar-refractivity contribution in [1.82, 2.24) is 4.98 Å². The summed E-state index contributed by atoms with van der Waals surface area (Å²) in [5.74, 6) is 3.75. The number of methoxy groups -OCH3 is 1. The van der Waals surface area contributed by atoms with Gasteiger partial charge in [0.05, 0.1) is 13.2 Å². The lowest BCUT2D eigenvalue weighted by atomic mass is 9.94. The number of thioether (sulfide) groups is 1.